The van der Waals surface area contributed by atoms with Crippen LogP contribution in [-0.4, -0.2) is 33.4 Å². The lowest BCUT2D eigenvalue weighted by molar-refractivity contribution is -0.147. The van der Waals surface area contributed by atoms with Crippen molar-refractivity contribution in [3.63, 3.8) is 0 Å². The average molecular weight is 299 g/mol. The van der Waals surface area contributed by atoms with Crippen LogP contribution in [0.4, 0.5) is 0 Å². The Morgan fingerprint density at radius 2 is 2.29 bits per heavy atom. The zero-order valence-corrected chi connectivity index (χ0v) is 10.5. The minimum absolute atomic E-state index is 0.0487. The molecule has 1 N–H and O–H groups in total. The van der Waals surface area contributed by atoms with Crippen molar-refractivity contribution in [1.29, 1.82) is 0 Å². The molecule has 1 fully saturated rings. The molecule has 0 aromatic carbocycles. The number of aromatic nitrogens is 1. The van der Waals surface area contributed by atoms with Crippen LogP contribution in [0.3, 0.4) is 0 Å². The molecule has 1 saturated carbocycles. The third kappa shape index (κ3) is 2.63. The first-order valence-corrected chi connectivity index (χ1v) is 5.98. The van der Waals surface area contributed by atoms with E-state index in [0.717, 1.165) is 12.8 Å². The van der Waals surface area contributed by atoms with Gasteiger partial charge >= 0.3 is 5.97 Å². The van der Waals surface area contributed by atoms with Gasteiger partial charge in [-0.05, 0) is 34.8 Å². The van der Waals surface area contributed by atoms with E-state index in [1.54, 1.807) is 12.3 Å². The smallest absolute Gasteiger partial charge is 0.331 e. The molecule has 1 aliphatic carbocycles. The lowest BCUT2D eigenvalue weighted by Gasteiger charge is -2.24. The van der Waals surface area contributed by atoms with E-state index in [-0.39, 0.29) is 6.04 Å². The Morgan fingerprint density at radius 3 is 2.76 bits per heavy atom. The van der Waals surface area contributed by atoms with E-state index in [1.807, 2.05) is 0 Å². The molecule has 2 rings (SSSR count). The van der Waals surface area contributed by atoms with Gasteiger partial charge in [-0.15, -0.1) is 0 Å². The average Bonchev–Trinajstić information content (AvgIpc) is 3.08. The van der Waals surface area contributed by atoms with Gasteiger partial charge < -0.3 is 10.0 Å². The van der Waals surface area contributed by atoms with Gasteiger partial charge in [-0.25, -0.2) is 4.79 Å². The maximum absolute atomic E-state index is 11.3. The molecule has 0 saturated heterocycles. The van der Waals surface area contributed by atoms with Crippen LogP contribution in [0.25, 0.3) is 0 Å². The standard InChI is InChI=1S/C11H11BrN2O3/c12-8-3-7(4-13-5-8)10(11(16)17)14(6-15)9-1-2-9/h3-6,9-10H,1-2H2,(H,16,17). The highest BCUT2D eigenvalue weighted by Gasteiger charge is 2.37. The molecule has 0 spiro atoms. The van der Waals surface area contributed by atoms with Gasteiger partial charge in [0.2, 0.25) is 6.41 Å². The van der Waals surface area contributed by atoms with E-state index >= 15 is 0 Å². The lowest BCUT2D eigenvalue weighted by Crippen LogP contribution is -2.34. The van der Waals surface area contributed by atoms with Crippen molar-refractivity contribution in [1.82, 2.24) is 9.88 Å². The molecule has 1 aromatic heterocycles. The Bertz CT molecular complexity index is 448. The van der Waals surface area contributed by atoms with Gasteiger partial charge in [0, 0.05) is 28.5 Å². The number of carbonyl (C=O) groups is 2. The maximum Gasteiger partial charge on any atom is 0.331 e. The van der Waals surface area contributed by atoms with Crippen LogP contribution >= 0.6 is 15.9 Å². The number of aliphatic carboxylic acids is 1. The second-order valence-electron chi connectivity index (χ2n) is 3.96. The maximum atomic E-state index is 11.3. The van der Waals surface area contributed by atoms with Gasteiger partial charge in [-0.2, -0.15) is 0 Å². The van der Waals surface area contributed by atoms with E-state index < -0.39 is 12.0 Å². The second kappa shape index (κ2) is 4.83. The quantitative estimate of drug-likeness (QED) is 0.838. The van der Waals surface area contributed by atoms with E-state index in [1.165, 1.54) is 11.1 Å². The zero-order valence-electron chi connectivity index (χ0n) is 8.91. The summed E-state index contributed by atoms with van der Waals surface area (Å²) in [7, 11) is 0. The molecule has 17 heavy (non-hydrogen) atoms. The minimum Gasteiger partial charge on any atom is -0.479 e. The molecular formula is C11H11BrN2O3. The Kier molecular flexibility index (Phi) is 3.42. The van der Waals surface area contributed by atoms with Crippen LogP contribution in [0.1, 0.15) is 24.4 Å². The largest absolute Gasteiger partial charge is 0.479 e. The van der Waals surface area contributed by atoms with Crippen molar-refractivity contribution in [2.75, 3.05) is 0 Å². The number of amides is 1. The molecule has 0 aliphatic heterocycles. The number of hydrogen-bond acceptors (Lipinski definition) is 3. The van der Waals surface area contributed by atoms with Crippen LogP contribution in [-0.2, 0) is 9.59 Å². The lowest BCUT2D eigenvalue weighted by atomic mass is 10.1. The zero-order chi connectivity index (χ0) is 12.4. The van der Waals surface area contributed by atoms with Crippen molar-refractivity contribution >= 4 is 28.3 Å². The van der Waals surface area contributed by atoms with Gasteiger partial charge in [0.1, 0.15) is 0 Å². The summed E-state index contributed by atoms with van der Waals surface area (Å²) in [6, 6.07) is 0.766. The Morgan fingerprint density at radius 1 is 1.59 bits per heavy atom. The highest BCUT2D eigenvalue weighted by atomic mass is 79.9. The fraction of sp³-hybridized carbons (Fsp3) is 0.364. The van der Waals surface area contributed by atoms with Crippen LogP contribution in [0.15, 0.2) is 22.9 Å². The summed E-state index contributed by atoms with van der Waals surface area (Å²) >= 11 is 3.24. The molecular weight excluding hydrogens is 288 g/mol. The van der Waals surface area contributed by atoms with Crippen molar-refractivity contribution in [2.24, 2.45) is 0 Å². The number of nitrogens with zero attached hydrogens (tertiary/aromatic N) is 2. The molecule has 0 radical (unpaired) electrons. The van der Waals surface area contributed by atoms with E-state index in [9.17, 15) is 14.7 Å². The summed E-state index contributed by atoms with van der Waals surface area (Å²) in [5.74, 6) is -1.04. The van der Waals surface area contributed by atoms with E-state index in [4.69, 9.17) is 0 Å². The van der Waals surface area contributed by atoms with E-state index in [0.29, 0.717) is 16.4 Å². The molecule has 0 bridgehead atoms. The summed E-state index contributed by atoms with van der Waals surface area (Å²) in [4.78, 5) is 27.6. The van der Waals surface area contributed by atoms with Crippen LogP contribution < -0.4 is 0 Å². The van der Waals surface area contributed by atoms with Crippen LogP contribution in [0, 0.1) is 0 Å². The second-order valence-corrected chi connectivity index (χ2v) is 4.88. The number of hydrogen-bond donors (Lipinski definition) is 1. The van der Waals surface area contributed by atoms with E-state index in [2.05, 4.69) is 20.9 Å². The molecule has 1 atom stereocenters. The van der Waals surface area contributed by atoms with Gasteiger partial charge in [0.15, 0.2) is 6.04 Å². The monoisotopic (exact) mass is 298 g/mol. The molecule has 1 aromatic rings. The molecule has 1 heterocycles. The summed E-state index contributed by atoms with van der Waals surface area (Å²) in [5, 5.41) is 9.25. The van der Waals surface area contributed by atoms with Crippen molar-refractivity contribution in [2.45, 2.75) is 24.9 Å². The number of pyridine rings is 1. The highest BCUT2D eigenvalue weighted by Crippen LogP contribution is 2.33. The molecule has 90 valence electrons. The van der Waals surface area contributed by atoms with Crippen LogP contribution in [0.5, 0.6) is 0 Å². The first-order chi connectivity index (χ1) is 8.13. The number of halogens is 1. The number of carbonyl (C=O) groups excluding carboxylic acids is 1. The molecule has 1 aliphatic rings. The highest BCUT2D eigenvalue weighted by molar-refractivity contribution is 9.10. The number of rotatable bonds is 5. The summed E-state index contributed by atoms with van der Waals surface area (Å²) in [6.07, 6.45) is 5.39. The van der Waals surface area contributed by atoms with Gasteiger partial charge in [-0.1, -0.05) is 0 Å². The molecule has 1 amide bonds. The SMILES string of the molecule is O=CN(C1CC1)C(C(=O)O)c1cncc(Br)c1. The first-order valence-electron chi connectivity index (χ1n) is 5.19. The van der Waals surface area contributed by atoms with Crippen LogP contribution in [0.2, 0.25) is 0 Å². The Hall–Kier alpha value is -1.43. The predicted octanol–water partition coefficient (Wildman–Crippen LogP) is 1.59. The fourth-order valence-corrected chi connectivity index (χ4v) is 2.13. The Balaban J connectivity index is 2.33. The van der Waals surface area contributed by atoms with Gasteiger partial charge in [0.25, 0.3) is 0 Å². The Labute approximate surface area is 107 Å². The molecule has 1 unspecified atom stereocenters. The fourth-order valence-electron chi connectivity index (χ4n) is 1.75. The van der Waals surface area contributed by atoms with Crippen molar-refractivity contribution in [3.8, 4) is 0 Å². The van der Waals surface area contributed by atoms with Crippen molar-refractivity contribution in [3.05, 3.63) is 28.5 Å². The topological polar surface area (TPSA) is 70.5 Å². The number of carboxylic acids is 1. The molecule has 5 nitrogen and oxygen atoms in total. The normalized spacial score (nSPS) is 16.3. The summed E-state index contributed by atoms with van der Waals surface area (Å²) in [5.41, 5.74) is 0.505. The third-order valence-corrected chi connectivity index (χ3v) is 3.10. The first kappa shape index (κ1) is 12.0. The minimum atomic E-state index is -1.04. The molecule has 6 heteroatoms. The van der Waals surface area contributed by atoms with Gasteiger partial charge in [-0.3, -0.25) is 9.78 Å². The summed E-state index contributed by atoms with van der Waals surface area (Å²) < 4.78 is 0.697. The van der Waals surface area contributed by atoms with Gasteiger partial charge in [0.05, 0.1) is 0 Å². The summed E-state index contributed by atoms with van der Waals surface area (Å²) in [6.45, 7) is 0. The number of carboxylic acid groups (broad SMARTS) is 1. The third-order valence-electron chi connectivity index (χ3n) is 2.66. The predicted molar refractivity (Wildman–Crippen MR) is 63.2 cm³/mol. The van der Waals surface area contributed by atoms with Crippen molar-refractivity contribution < 1.29 is 14.7 Å².